The van der Waals surface area contributed by atoms with Crippen LogP contribution >= 0.6 is 11.3 Å². The number of methoxy groups -OCH3 is 1. The van der Waals surface area contributed by atoms with Crippen molar-refractivity contribution in [3.63, 3.8) is 0 Å². The van der Waals surface area contributed by atoms with E-state index in [4.69, 9.17) is 10.5 Å². The van der Waals surface area contributed by atoms with Crippen molar-refractivity contribution in [1.29, 1.82) is 0 Å². The Morgan fingerprint density at radius 2 is 2.16 bits per heavy atom. The highest BCUT2D eigenvalue weighted by Gasteiger charge is 2.17. The van der Waals surface area contributed by atoms with Gasteiger partial charge in [0.1, 0.15) is 16.5 Å². The van der Waals surface area contributed by atoms with Crippen LogP contribution in [-0.4, -0.2) is 23.0 Å². The van der Waals surface area contributed by atoms with E-state index in [1.54, 1.807) is 19.1 Å². The molecule has 0 saturated carbocycles. The number of esters is 1. The lowest BCUT2D eigenvalue weighted by Gasteiger charge is -2.00. The molecule has 0 radical (unpaired) electrons. The largest absolute Gasteiger partial charge is 0.465 e. The van der Waals surface area contributed by atoms with Crippen LogP contribution in [0.4, 0.5) is 5.82 Å². The topological polar surface area (TPSA) is 78.1 Å². The van der Waals surface area contributed by atoms with Crippen LogP contribution in [0, 0.1) is 6.92 Å². The number of anilines is 1. The number of hydrogen-bond donors (Lipinski definition) is 1. The number of carbonyl (C=O) groups is 1. The van der Waals surface area contributed by atoms with Crippen molar-refractivity contribution in [3.05, 3.63) is 29.6 Å². The first-order chi connectivity index (χ1) is 9.11. The lowest BCUT2D eigenvalue weighted by atomic mass is 10.1. The molecule has 0 saturated heterocycles. The molecule has 6 heteroatoms. The predicted molar refractivity (Wildman–Crippen MR) is 75.4 cm³/mol. The summed E-state index contributed by atoms with van der Waals surface area (Å²) in [6.45, 7) is 1.79. The molecule has 3 aromatic rings. The van der Waals surface area contributed by atoms with E-state index in [0.717, 1.165) is 20.3 Å². The van der Waals surface area contributed by atoms with Gasteiger partial charge in [0.25, 0.3) is 0 Å². The van der Waals surface area contributed by atoms with Gasteiger partial charge < -0.3 is 10.5 Å². The number of thiophene rings is 1. The maximum atomic E-state index is 11.8. The van der Waals surface area contributed by atoms with Gasteiger partial charge in [-0.15, -0.1) is 11.3 Å². The molecule has 3 rings (SSSR count). The summed E-state index contributed by atoms with van der Waals surface area (Å²) in [5.74, 6) is 0.701. The van der Waals surface area contributed by atoms with Crippen LogP contribution in [0.5, 0.6) is 0 Å². The molecule has 0 aliphatic heterocycles. The minimum absolute atomic E-state index is 0.361. The van der Waals surface area contributed by atoms with Gasteiger partial charge in [0.2, 0.25) is 0 Å². The summed E-state index contributed by atoms with van der Waals surface area (Å²) in [6.07, 6.45) is 0. The second-order valence-corrected chi connectivity index (χ2v) is 5.11. The zero-order valence-electron chi connectivity index (χ0n) is 10.4. The van der Waals surface area contributed by atoms with Gasteiger partial charge in [0, 0.05) is 5.39 Å². The van der Waals surface area contributed by atoms with Crippen molar-refractivity contribution >= 4 is 43.4 Å². The van der Waals surface area contributed by atoms with E-state index in [0.29, 0.717) is 17.2 Å². The molecule has 0 atom stereocenters. The first-order valence-corrected chi connectivity index (χ1v) is 6.47. The van der Waals surface area contributed by atoms with Gasteiger partial charge in [-0.05, 0) is 13.0 Å². The fourth-order valence-electron chi connectivity index (χ4n) is 2.11. The molecule has 2 N–H and O–H groups in total. The van der Waals surface area contributed by atoms with Crippen molar-refractivity contribution in [2.75, 3.05) is 12.8 Å². The fraction of sp³-hybridized carbons (Fsp3) is 0.154. The third-order valence-corrected chi connectivity index (χ3v) is 4.04. The smallest absolute Gasteiger partial charge is 0.339 e. The van der Waals surface area contributed by atoms with E-state index in [-0.39, 0.29) is 5.97 Å². The van der Waals surface area contributed by atoms with Crippen molar-refractivity contribution in [1.82, 2.24) is 9.97 Å². The van der Waals surface area contributed by atoms with Gasteiger partial charge in [0.15, 0.2) is 0 Å². The normalized spacial score (nSPS) is 11.1. The summed E-state index contributed by atoms with van der Waals surface area (Å²) in [7, 11) is 1.37. The number of benzene rings is 1. The zero-order chi connectivity index (χ0) is 13.6. The number of aromatic nitrogens is 2. The van der Waals surface area contributed by atoms with Crippen LogP contribution in [0.1, 0.15) is 16.2 Å². The summed E-state index contributed by atoms with van der Waals surface area (Å²) >= 11 is 1.43. The molecule has 0 aliphatic rings. The van der Waals surface area contributed by atoms with Crippen LogP contribution in [-0.2, 0) is 4.74 Å². The SMILES string of the molecule is COC(=O)c1cccc2c1sc1nc(C)nc(N)c12. The molecule has 0 unspecified atom stereocenters. The number of fused-ring (bicyclic) bond motifs is 3. The third-order valence-electron chi connectivity index (χ3n) is 2.90. The minimum Gasteiger partial charge on any atom is -0.465 e. The number of nitrogen functional groups attached to an aromatic ring is 1. The highest BCUT2D eigenvalue weighted by atomic mass is 32.1. The number of nitrogens with two attached hydrogens (primary N) is 1. The predicted octanol–water partition coefficient (Wildman–Crippen LogP) is 2.52. The molecule has 96 valence electrons. The molecule has 19 heavy (non-hydrogen) atoms. The minimum atomic E-state index is -0.361. The summed E-state index contributed by atoms with van der Waals surface area (Å²) in [5, 5.41) is 1.69. The van der Waals surface area contributed by atoms with Crippen LogP contribution in [0.15, 0.2) is 18.2 Å². The Labute approximate surface area is 113 Å². The lowest BCUT2D eigenvalue weighted by molar-refractivity contribution is 0.0603. The van der Waals surface area contributed by atoms with Gasteiger partial charge in [-0.25, -0.2) is 14.8 Å². The number of nitrogens with zero attached hydrogens (tertiary/aromatic N) is 2. The Balaban J connectivity index is 2.47. The molecule has 2 heterocycles. The molecule has 0 aliphatic carbocycles. The maximum absolute atomic E-state index is 11.8. The lowest BCUT2D eigenvalue weighted by Crippen LogP contribution is -2.00. The van der Waals surface area contributed by atoms with Gasteiger partial charge in [0.05, 0.1) is 22.8 Å². The van der Waals surface area contributed by atoms with Gasteiger partial charge >= 0.3 is 5.97 Å². The summed E-state index contributed by atoms with van der Waals surface area (Å²) in [6, 6.07) is 5.45. The van der Waals surface area contributed by atoms with Gasteiger partial charge in [-0.2, -0.15) is 0 Å². The van der Waals surface area contributed by atoms with E-state index in [1.807, 2.05) is 6.07 Å². The zero-order valence-corrected chi connectivity index (χ0v) is 11.2. The van der Waals surface area contributed by atoms with E-state index < -0.39 is 0 Å². The highest BCUT2D eigenvalue weighted by Crippen LogP contribution is 2.37. The van der Waals surface area contributed by atoms with Crippen LogP contribution in [0.25, 0.3) is 20.3 Å². The Kier molecular flexibility index (Phi) is 2.60. The molecule has 0 fully saturated rings. The number of ether oxygens (including phenoxy) is 1. The van der Waals surface area contributed by atoms with Gasteiger partial charge in [-0.1, -0.05) is 12.1 Å². The molecule has 0 amide bonds. The van der Waals surface area contributed by atoms with Crippen molar-refractivity contribution in [3.8, 4) is 0 Å². The first-order valence-electron chi connectivity index (χ1n) is 5.65. The monoisotopic (exact) mass is 273 g/mol. The summed E-state index contributed by atoms with van der Waals surface area (Å²) in [4.78, 5) is 21.1. The standard InChI is InChI=1S/C13H11N3O2S/c1-6-15-11(14)9-7-4-3-5-8(13(17)18-2)10(7)19-12(9)16-6/h3-5H,1-2H3,(H2,14,15,16). The van der Waals surface area contributed by atoms with Crippen LogP contribution in [0.2, 0.25) is 0 Å². The quantitative estimate of drug-likeness (QED) is 0.689. The molecular weight excluding hydrogens is 262 g/mol. The number of rotatable bonds is 1. The Morgan fingerprint density at radius 1 is 1.37 bits per heavy atom. The molecule has 5 nitrogen and oxygen atoms in total. The van der Waals surface area contributed by atoms with Crippen molar-refractivity contribution < 1.29 is 9.53 Å². The third kappa shape index (κ3) is 1.72. The second-order valence-electron chi connectivity index (χ2n) is 4.11. The van der Waals surface area contributed by atoms with Gasteiger partial charge in [-0.3, -0.25) is 0 Å². The van der Waals surface area contributed by atoms with E-state index in [9.17, 15) is 4.79 Å². The molecule has 0 spiro atoms. The summed E-state index contributed by atoms with van der Waals surface area (Å²) < 4.78 is 5.62. The number of carbonyl (C=O) groups excluding carboxylic acids is 1. The molecular formula is C13H11N3O2S. The Morgan fingerprint density at radius 3 is 2.89 bits per heavy atom. The molecule has 0 bridgehead atoms. The second kappa shape index (κ2) is 4.17. The van der Waals surface area contributed by atoms with Crippen molar-refractivity contribution in [2.24, 2.45) is 0 Å². The Bertz CT molecular complexity index is 810. The van der Waals surface area contributed by atoms with E-state index in [2.05, 4.69) is 9.97 Å². The molecule has 1 aromatic carbocycles. The average molecular weight is 273 g/mol. The number of hydrogen-bond acceptors (Lipinski definition) is 6. The van der Waals surface area contributed by atoms with Crippen LogP contribution in [0.3, 0.4) is 0 Å². The Hall–Kier alpha value is -2.21. The molecule has 2 aromatic heterocycles. The fourth-order valence-corrected chi connectivity index (χ4v) is 3.33. The number of aryl methyl sites for hydroxylation is 1. The first kappa shape index (κ1) is 11.9. The van der Waals surface area contributed by atoms with Crippen LogP contribution < -0.4 is 5.73 Å². The maximum Gasteiger partial charge on any atom is 0.339 e. The van der Waals surface area contributed by atoms with E-state index in [1.165, 1.54) is 18.4 Å². The average Bonchev–Trinajstić information content (AvgIpc) is 2.75. The van der Waals surface area contributed by atoms with E-state index >= 15 is 0 Å². The highest BCUT2D eigenvalue weighted by molar-refractivity contribution is 7.25. The summed E-state index contributed by atoms with van der Waals surface area (Å²) in [5.41, 5.74) is 6.49. The van der Waals surface area contributed by atoms with Crippen molar-refractivity contribution in [2.45, 2.75) is 6.92 Å².